The second kappa shape index (κ2) is 6.53. The Bertz CT molecular complexity index is 835. The third-order valence-electron chi connectivity index (χ3n) is 4.65. The second-order valence-corrected chi connectivity index (χ2v) is 9.73. The van der Waals surface area contributed by atoms with Gasteiger partial charge in [0.25, 0.3) is 0 Å². The molecule has 1 fully saturated rings. The maximum atomic E-state index is 11.8. The summed E-state index contributed by atoms with van der Waals surface area (Å²) in [6, 6.07) is 8.16. The zero-order valence-electron chi connectivity index (χ0n) is 15.2. The van der Waals surface area contributed by atoms with Gasteiger partial charge >= 0.3 is 0 Å². The fourth-order valence-electron chi connectivity index (χ4n) is 3.08. The number of hydrogen-bond acceptors (Lipinski definition) is 5. The van der Waals surface area contributed by atoms with Crippen molar-refractivity contribution in [3.8, 4) is 11.4 Å². The van der Waals surface area contributed by atoms with Gasteiger partial charge in [-0.25, -0.2) is 12.7 Å². The standard InChI is InChI=1S/C18H25N3O3S/c1-18(2,3)15-9-7-13(8-10-15)16-19-17(24-20-16)14-6-5-11-21(12-14)25(4,22)23/h7-10,14H,5-6,11-12H2,1-4H3/t14-/m1/s1. The van der Waals surface area contributed by atoms with Crippen LogP contribution in [0.3, 0.4) is 0 Å². The lowest BCUT2D eigenvalue weighted by Gasteiger charge is -2.28. The first-order chi connectivity index (χ1) is 11.6. The third-order valence-corrected chi connectivity index (χ3v) is 5.92. The van der Waals surface area contributed by atoms with E-state index in [1.54, 1.807) is 0 Å². The number of hydrogen-bond donors (Lipinski definition) is 0. The minimum Gasteiger partial charge on any atom is -0.339 e. The van der Waals surface area contributed by atoms with Crippen molar-refractivity contribution in [3.63, 3.8) is 0 Å². The summed E-state index contributed by atoms with van der Waals surface area (Å²) in [7, 11) is -3.19. The van der Waals surface area contributed by atoms with E-state index in [0.29, 0.717) is 24.8 Å². The minimum absolute atomic E-state index is 0.0430. The van der Waals surface area contributed by atoms with E-state index >= 15 is 0 Å². The van der Waals surface area contributed by atoms with Crippen LogP contribution in [0.2, 0.25) is 0 Å². The van der Waals surface area contributed by atoms with Gasteiger partial charge in [-0.2, -0.15) is 4.98 Å². The molecule has 3 rings (SSSR count). The summed E-state index contributed by atoms with van der Waals surface area (Å²) in [5.41, 5.74) is 2.24. The van der Waals surface area contributed by atoms with Crippen LogP contribution in [-0.4, -0.2) is 42.2 Å². The molecule has 1 aliphatic rings. The Labute approximate surface area is 149 Å². The molecule has 1 saturated heterocycles. The lowest BCUT2D eigenvalue weighted by molar-refractivity contribution is 0.266. The fourth-order valence-corrected chi connectivity index (χ4v) is 3.99. The van der Waals surface area contributed by atoms with Gasteiger partial charge in [-0.15, -0.1) is 0 Å². The number of rotatable bonds is 3. The molecule has 136 valence electrons. The number of nitrogens with zero attached hydrogens (tertiary/aromatic N) is 3. The summed E-state index contributed by atoms with van der Waals surface area (Å²) in [5, 5.41) is 4.09. The van der Waals surface area contributed by atoms with E-state index in [4.69, 9.17) is 4.52 Å². The van der Waals surface area contributed by atoms with Gasteiger partial charge < -0.3 is 4.52 Å². The van der Waals surface area contributed by atoms with Gasteiger partial charge in [0.05, 0.1) is 12.2 Å². The Morgan fingerprint density at radius 1 is 1.20 bits per heavy atom. The van der Waals surface area contributed by atoms with Gasteiger partial charge in [-0.3, -0.25) is 0 Å². The predicted molar refractivity (Wildman–Crippen MR) is 96.8 cm³/mol. The number of benzene rings is 1. The molecule has 7 heteroatoms. The van der Waals surface area contributed by atoms with Crippen LogP contribution in [0.1, 0.15) is 51.0 Å². The first-order valence-corrected chi connectivity index (χ1v) is 10.4. The highest BCUT2D eigenvalue weighted by Crippen LogP contribution is 2.29. The highest BCUT2D eigenvalue weighted by atomic mass is 32.2. The van der Waals surface area contributed by atoms with Crippen molar-refractivity contribution in [2.24, 2.45) is 0 Å². The third kappa shape index (κ3) is 4.10. The molecule has 0 spiro atoms. The topological polar surface area (TPSA) is 76.3 Å². The molecule has 2 heterocycles. The lowest BCUT2D eigenvalue weighted by Crippen LogP contribution is -2.38. The average Bonchev–Trinajstić information content (AvgIpc) is 3.03. The summed E-state index contributed by atoms with van der Waals surface area (Å²) < 4.78 is 30.4. The van der Waals surface area contributed by atoms with Gasteiger partial charge in [0.2, 0.25) is 21.7 Å². The first kappa shape index (κ1) is 18.1. The molecule has 6 nitrogen and oxygen atoms in total. The van der Waals surface area contributed by atoms with E-state index in [1.165, 1.54) is 16.1 Å². The molecule has 25 heavy (non-hydrogen) atoms. The van der Waals surface area contributed by atoms with Crippen LogP contribution in [0.5, 0.6) is 0 Å². The zero-order chi connectivity index (χ0) is 18.2. The first-order valence-electron chi connectivity index (χ1n) is 8.54. The van der Waals surface area contributed by atoms with Gasteiger partial charge in [0.15, 0.2) is 0 Å². The SMILES string of the molecule is CC(C)(C)c1ccc(-c2noc([C@@H]3CCCN(S(C)(=O)=O)C3)n2)cc1. The average molecular weight is 363 g/mol. The number of piperidine rings is 1. The molecule has 0 radical (unpaired) electrons. The van der Waals surface area contributed by atoms with Crippen LogP contribution in [0, 0.1) is 0 Å². The fraction of sp³-hybridized carbons (Fsp3) is 0.556. The monoisotopic (exact) mass is 363 g/mol. The molecule has 0 unspecified atom stereocenters. The van der Waals surface area contributed by atoms with Crippen LogP contribution >= 0.6 is 0 Å². The van der Waals surface area contributed by atoms with Gasteiger partial charge in [-0.05, 0) is 23.8 Å². The van der Waals surface area contributed by atoms with Crippen LogP contribution in [0.15, 0.2) is 28.8 Å². The van der Waals surface area contributed by atoms with Gasteiger partial charge in [0, 0.05) is 18.7 Å². The van der Waals surface area contributed by atoms with E-state index in [9.17, 15) is 8.42 Å². The highest BCUT2D eigenvalue weighted by Gasteiger charge is 2.30. The minimum atomic E-state index is -3.19. The zero-order valence-corrected chi connectivity index (χ0v) is 16.0. The molecule has 0 N–H and O–H groups in total. The smallest absolute Gasteiger partial charge is 0.231 e. The molecule has 1 aromatic heterocycles. The van der Waals surface area contributed by atoms with E-state index in [0.717, 1.165) is 18.4 Å². The maximum absolute atomic E-state index is 11.8. The Morgan fingerprint density at radius 3 is 2.48 bits per heavy atom. The Kier molecular flexibility index (Phi) is 4.72. The van der Waals surface area contributed by atoms with Crippen LogP contribution < -0.4 is 0 Å². The van der Waals surface area contributed by atoms with Crippen molar-refractivity contribution in [2.45, 2.75) is 44.9 Å². The summed E-state index contributed by atoms with van der Waals surface area (Å²) in [6.45, 7) is 7.48. The molecule has 0 aliphatic carbocycles. The molecular formula is C18H25N3O3S. The summed E-state index contributed by atoms with van der Waals surface area (Å²) in [5.74, 6) is 1.02. The lowest BCUT2D eigenvalue weighted by atomic mass is 9.87. The Hall–Kier alpha value is -1.73. The van der Waals surface area contributed by atoms with Crippen LogP contribution in [0.4, 0.5) is 0 Å². The maximum Gasteiger partial charge on any atom is 0.231 e. The van der Waals surface area contributed by atoms with E-state index < -0.39 is 10.0 Å². The molecule has 0 bridgehead atoms. The van der Waals surface area contributed by atoms with Gasteiger partial charge in [0.1, 0.15) is 0 Å². The molecule has 1 aliphatic heterocycles. The molecule has 1 atom stereocenters. The van der Waals surface area contributed by atoms with Crippen molar-refractivity contribution in [1.82, 2.24) is 14.4 Å². The van der Waals surface area contributed by atoms with Crippen molar-refractivity contribution in [3.05, 3.63) is 35.7 Å². The van der Waals surface area contributed by atoms with Crippen molar-refractivity contribution < 1.29 is 12.9 Å². The van der Waals surface area contributed by atoms with E-state index in [-0.39, 0.29) is 11.3 Å². The highest BCUT2D eigenvalue weighted by molar-refractivity contribution is 7.88. The van der Waals surface area contributed by atoms with Gasteiger partial charge in [-0.1, -0.05) is 50.2 Å². The normalized spacial score (nSPS) is 19.9. The second-order valence-electron chi connectivity index (χ2n) is 7.74. The number of aromatic nitrogens is 2. The van der Waals surface area contributed by atoms with Crippen molar-refractivity contribution >= 4 is 10.0 Å². The molecule has 0 amide bonds. The quantitative estimate of drug-likeness (QED) is 0.837. The Balaban J connectivity index is 1.78. The van der Waals surface area contributed by atoms with Crippen molar-refractivity contribution in [2.75, 3.05) is 19.3 Å². The Morgan fingerprint density at radius 2 is 1.88 bits per heavy atom. The molecular weight excluding hydrogens is 338 g/mol. The summed E-state index contributed by atoms with van der Waals surface area (Å²) in [6.07, 6.45) is 2.90. The summed E-state index contributed by atoms with van der Waals surface area (Å²) in [4.78, 5) is 4.51. The molecule has 0 saturated carbocycles. The molecule has 2 aromatic rings. The van der Waals surface area contributed by atoms with Crippen molar-refractivity contribution in [1.29, 1.82) is 0 Å². The van der Waals surface area contributed by atoms with E-state index in [1.807, 2.05) is 12.1 Å². The van der Waals surface area contributed by atoms with Crippen LogP contribution in [-0.2, 0) is 15.4 Å². The largest absolute Gasteiger partial charge is 0.339 e. The summed E-state index contributed by atoms with van der Waals surface area (Å²) >= 11 is 0. The van der Waals surface area contributed by atoms with E-state index in [2.05, 4.69) is 43.0 Å². The van der Waals surface area contributed by atoms with Crippen LogP contribution in [0.25, 0.3) is 11.4 Å². The predicted octanol–water partition coefficient (Wildman–Crippen LogP) is 3.17. The number of sulfonamides is 1. The molecule has 1 aromatic carbocycles.